The third kappa shape index (κ3) is 18.3. The van der Waals surface area contributed by atoms with Crippen molar-refractivity contribution < 1.29 is 19.4 Å². The summed E-state index contributed by atoms with van der Waals surface area (Å²) in [4.78, 5) is 24.5. The van der Waals surface area contributed by atoms with Crippen LogP contribution in [-0.2, 0) is 20.9 Å². The number of esters is 1. The molecule has 1 heterocycles. The molecule has 0 unspecified atom stereocenters. The maximum absolute atomic E-state index is 11.6. The summed E-state index contributed by atoms with van der Waals surface area (Å²) in [5.41, 5.74) is 0.991. The number of aliphatic carboxylic acids is 1. The average molecular weight is 351 g/mol. The summed E-state index contributed by atoms with van der Waals surface area (Å²) in [5.74, 6) is -0.922. The number of carbonyl (C=O) groups excluding carboxylic acids is 1. The monoisotopic (exact) mass is 351 g/mol. The van der Waals surface area contributed by atoms with Crippen molar-refractivity contribution in [3.05, 3.63) is 30.1 Å². The third-order valence-electron chi connectivity index (χ3n) is 3.63. The predicted octanol–water partition coefficient (Wildman–Crippen LogP) is 5.14. The Morgan fingerprint density at radius 2 is 1.44 bits per heavy atom. The number of carbonyl (C=O) groups is 2. The summed E-state index contributed by atoms with van der Waals surface area (Å²) < 4.78 is 5.23. The van der Waals surface area contributed by atoms with Gasteiger partial charge >= 0.3 is 5.97 Å². The smallest absolute Gasteiger partial charge is 0.306 e. The number of rotatable bonds is 12. The molecular formula is C20H33NO4. The maximum atomic E-state index is 11.6. The summed E-state index contributed by atoms with van der Waals surface area (Å²) in [6.45, 7) is 3.69. The average Bonchev–Trinajstić information content (AvgIpc) is 2.59. The van der Waals surface area contributed by atoms with E-state index in [0.29, 0.717) is 13.0 Å². The van der Waals surface area contributed by atoms with Crippen molar-refractivity contribution in [1.29, 1.82) is 0 Å². The van der Waals surface area contributed by atoms with Crippen molar-refractivity contribution in [2.45, 2.75) is 84.7 Å². The van der Waals surface area contributed by atoms with Gasteiger partial charge in [0, 0.05) is 25.7 Å². The molecule has 0 aliphatic carbocycles. The van der Waals surface area contributed by atoms with Crippen LogP contribution in [0.5, 0.6) is 0 Å². The molecule has 0 aromatic carbocycles. The van der Waals surface area contributed by atoms with E-state index < -0.39 is 5.97 Å². The molecule has 0 saturated heterocycles. The van der Waals surface area contributed by atoms with E-state index in [-0.39, 0.29) is 5.97 Å². The Hall–Kier alpha value is -1.91. The van der Waals surface area contributed by atoms with Crippen molar-refractivity contribution >= 4 is 11.9 Å². The van der Waals surface area contributed by atoms with E-state index in [1.807, 2.05) is 12.1 Å². The highest BCUT2D eigenvalue weighted by atomic mass is 16.5. The highest BCUT2D eigenvalue weighted by Crippen LogP contribution is 2.11. The molecule has 5 heteroatoms. The van der Waals surface area contributed by atoms with Crippen LogP contribution >= 0.6 is 0 Å². The highest BCUT2D eigenvalue weighted by molar-refractivity contribution is 5.69. The first-order valence-corrected chi connectivity index (χ1v) is 9.30. The van der Waals surface area contributed by atoms with Gasteiger partial charge < -0.3 is 9.84 Å². The molecule has 1 aromatic heterocycles. The Labute approximate surface area is 151 Å². The first-order chi connectivity index (χ1) is 12.1. The molecular weight excluding hydrogens is 318 g/mol. The van der Waals surface area contributed by atoms with Gasteiger partial charge in [-0.3, -0.25) is 14.6 Å². The fraction of sp³-hybridized carbons (Fsp3) is 0.650. The van der Waals surface area contributed by atoms with Gasteiger partial charge in [0.25, 0.3) is 5.97 Å². The lowest BCUT2D eigenvalue weighted by atomic mass is 10.1. The Balaban J connectivity index is 0.00000129. The molecule has 1 rings (SSSR count). The van der Waals surface area contributed by atoms with Gasteiger partial charge in [-0.15, -0.1) is 0 Å². The van der Waals surface area contributed by atoms with E-state index >= 15 is 0 Å². The Morgan fingerprint density at radius 3 is 1.96 bits per heavy atom. The Kier molecular flexibility index (Phi) is 15.6. The van der Waals surface area contributed by atoms with Crippen molar-refractivity contribution in [1.82, 2.24) is 4.98 Å². The summed E-state index contributed by atoms with van der Waals surface area (Å²) in [5, 5.41) is 7.42. The van der Waals surface area contributed by atoms with Crippen molar-refractivity contribution in [2.75, 3.05) is 0 Å². The van der Waals surface area contributed by atoms with E-state index in [0.717, 1.165) is 25.3 Å². The van der Waals surface area contributed by atoms with Crippen LogP contribution in [0.15, 0.2) is 24.5 Å². The SMILES string of the molecule is CC(=O)O.CCCCCCCCCCCC(=O)OCc1ccncc1. The number of aromatic nitrogens is 1. The lowest BCUT2D eigenvalue weighted by molar-refractivity contribution is -0.145. The number of hydrogen-bond acceptors (Lipinski definition) is 4. The molecule has 0 bridgehead atoms. The minimum Gasteiger partial charge on any atom is -0.481 e. The van der Waals surface area contributed by atoms with Crippen LogP contribution in [0.1, 0.15) is 83.6 Å². The largest absolute Gasteiger partial charge is 0.481 e. The zero-order chi connectivity index (χ0) is 18.8. The number of unbranched alkanes of at least 4 members (excludes halogenated alkanes) is 8. The van der Waals surface area contributed by atoms with Gasteiger partial charge in [-0.05, 0) is 24.1 Å². The van der Waals surface area contributed by atoms with Gasteiger partial charge in [0.15, 0.2) is 0 Å². The molecule has 5 nitrogen and oxygen atoms in total. The number of nitrogens with zero attached hydrogens (tertiary/aromatic N) is 1. The molecule has 142 valence electrons. The molecule has 0 atom stereocenters. The third-order valence-corrected chi connectivity index (χ3v) is 3.63. The lowest BCUT2D eigenvalue weighted by Crippen LogP contribution is -2.04. The van der Waals surface area contributed by atoms with Crippen LogP contribution in [0.4, 0.5) is 0 Å². The highest BCUT2D eigenvalue weighted by Gasteiger charge is 2.03. The topological polar surface area (TPSA) is 76.5 Å². The van der Waals surface area contributed by atoms with Crippen molar-refractivity contribution in [3.8, 4) is 0 Å². The summed E-state index contributed by atoms with van der Waals surface area (Å²) in [6, 6.07) is 3.73. The van der Waals surface area contributed by atoms with Gasteiger partial charge in [-0.2, -0.15) is 0 Å². The second-order valence-corrected chi connectivity index (χ2v) is 6.11. The van der Waals surface area contributed by atoms with Gasteiger partial charge in [0.1, 0.15) is 6.61 Å². The molecule has 0 aliphatic rings. The quantitative estimate of drug-likeness (QED) is 0.417. The van der Waals surface area contributed by atoms with Crippen molar-refractivity contribution in [2.24, 2.45) is 0 Å². The van der Waals surface area contributed by atoms with E-state index in [9.17, 15) is 4.79 Å². The first kappa shape index (κ1) is 23.1. The number of ether oxygens (including phenoxy) is 1. The normalized spacial score (nSPS) is 9.84. The Morgan fingerprint density at radius 1 is 0.960 bits per heavy atom. The van der Waals surface area contributed by atoms with Crippen LogP contribution < -0.4 is 0 Å². The summed E-state index contributed by atoms with van der Waals surface area (Å²) in [6.07, 6.45) is 15.3. The second-order valence-electron chi connectivity index (χ2n) is 6.11. The molecule has 0 saturated carbocycles. The fourth-order valence-electron chi connectivity index (χ4n) is 2.30. The molecule has 1 aromatic rings. The summed E-state index contributed by atoms with van der Waals surface area (Å²) in [7, 11) is 0. The molecule has 0 fully saturated rings. The first-order valence-electron chi connectivity index (χ1n) is 9.30. The van der Waals surface area contributed by atoms with Crippen LogP contribution in [0.3, 0.4) is 0 Å². The van der Waals surface area contributed by atoms with Gasteiger partial charge in [-0.1, -0.05) is 58.3 Å². The maximum Gasteiger partial charge on any atom is 0.306 e. The molecule has 0 spiro atoms. The van der Waals surface area contributed by atoms with Gasteiger partial charge in [0.05, 0.1) is 0 Å². The number of carboxylic acids is 1. The molecule has 0 amide bonds. The fourth-order valence-corrected chi connectivity index (χ4v) is 2.30. The minimum atomic E-state index is -0.833. The van der Waals surface area contributed by atoms with Crippen LogP contribution in [0.2, 0.25) is 0 Å². The number of hydrogen-bond donors (Lipinski definition) is 1. The predicted molar refractivity (Wildman–Crippen MR) is 99.2 cm³/mol. The number of carboxylic acid groups (broad SMARTS) is 1. The molecule has 0 radical (unpaired) electrons. The standard InChI is InChI=1S/C18H29NO2.C2H4O2/c1-2-3-4-5-6-7-8-9-10-11-18(20)21-16-17-12-14-19-15-13-17;1-2(3)4/h12-15H,2-11,16H2,1H3;1H3,(H,3,4). The van der Waals surface area contributed by atoms with E-state index in [1.165, 1.54) is 44.9 Å². The van der Waals surface area contributed by atoms with Gasteiger partial charge in [0.2, 0.25) is 0 Å². The zero-order valence-electron chi connectivity index (χ0n) is 15.7. The Bertz CT molecular complexity index is 444. The number of pyridine rings is 1. The van der Waals surface area contributed by atoms with Crippen LogP contribution in [0.25, 0.3) is 0 Å². The van der Waals surface area contributed by atoms with E-state index in [2.05, 4.69) is 11.9 Å². The second kappa shape index (κ2) is 16.9. The van der Waals surface area contributed by atoms with E-state index in [1.54, 1.807) is 12.4 Å². The molecule has 0 aliphatic heterocycles. The summed E-state index contributed by atoms with van der Waals surface area (Å²) >= 11 is 0. The van der Waals surface area contributed by atoms with Crippen molar-refractivity contribution in [3.63, 3.8) is 0 Å². The lowest BCUT2D eigenvalue weighted by Gasteiger charge is -2.05. The molecule has 1 N–H and O–H groups in total. The zero-order valence-corrected chi connectivity index (χ0v) is 15.7. The van der Waals surface area contributed by atoms with Gasteiger partial charge in [-0.25, -0.2) is 0 Å². The van der Waals surface area contributed by atoms with Crippen LogP contribution in [-0.4, -0.2) is 22.0 Å². The van der Waals surface area contributed by atoms with E-state index in [4.69, 9.17) is 14.6 Å². The van der Waals surface area contributed by atoms with Crippen LogP contribution in [0, 0.1) is 0 Å². The minimum absolute atomic E-state index is 0.0882. The molecule has 25 heavy (non-hydrogen) atoms.